The number of para-hydroxylation sites is 1. The first kappa shape index (κ1) is 7.31. The fraction of sp³-hybridized carbons (Fsp3) is 0. The lowest BCUT2D eigenvalue weighted by atomic mass is 10.1. The van der Waals surface area contributed by atoms with Gasteiger partial charge in [0.25, 0.3) is 0 Å². The molecule has 0 saturated heterocycles. The van der Waals surface area contributed by atoms with Gasteiger partial charge in [-0.2, -0.15) is 0 Å². The number of hydrogen-bond donors (Lipinski definition) is 0. The van der Waals surface area contributed by atoms with Crippen molar-refractivity contribution >= 4 is 11.3 Å². The Morgan fingerprint density at radius 3 is 2.75 bits per heavy atom. The molecule has 2 rings (SSSR count). The largest absolute Gasteiger partial charge is 0.289 e. The van der Waals surface area contributed by atoms with Gasteiger partial charge in [0.1, 0.15) is 0 Å². The smallest absolute Gasteiger partial charge is 0.188 e. The first-order valence-electron chi connectivity index (χ1n) is 3.52. The van der Waals surface area contributed by atoms with Crippen LogP contribution in [0.5, 0.6) is 5.75 Å². The molecule has 0 aliphatic heterocycles. The average Bonchev–Trinajstić information content (AvgIpc) is 2.57. The van der Waals surface area contributed by atoms with Crippen molar-refractivity contribution in [1.82, 2.24) is 4.98 Å². The Bertz CT molecular complexity index is 370. The molecule has 1 aromatic carbocycles. The maximum atomic E-state index is 11.3. The van der Waals surface area contributed by atoms with Crippen molar-refractivity contribution in [3.05, 3.63) is 35.2 Å². The van der Waals surface area contributed by atoms with Crippen LogP contribution in [0, 0.1) is 0 Å². The van der Waals surface area contributed by atoms with Gasteiger partial charge in [-0.05, 0) is 12.1 Å². The molecule has 0 aliphatic rings. The SMILES string of the molecule is [O]c1ccccc1-c1cscn1. The molecule has 1 aromatic heterocycles. The Kier molecular flexibility index (Phi) is 1.80. The normalized spacial score (nSPS) is 10.0. The van der Waals surface area contributed by atoms with Crippen molar-refractivity contribution in [2.24, 2.45) is 0 Å². The van der Waals surface area contributed by atoms with E-state index in [9.17, 15) is 5.11 Å². The quantitative estimate of drug-likeness (QED) is 0.657. The first-order chi connectivity index (χ1) is 5.88. The van der Waals surface area contributed by atoms with Crippen molar-refractivity contribution in [2.75, 3.05) is 0 Å². The fourth-order valence-electron chi connectivity index (χ4n) is 1.02. The van der Waals surface area contributed by atoms with Crippen LogP contribution in [0.1, 0.15) is 0 Å². The first-order valence-corrected chi connectivity index (χ1v) is 4.47. The maximum Gasteiger partial charge on any atom is 0.188 e. The predicted octanol–water partition coefficient (Wildman–Crippen LogP) is 2.95. The van der Waals surface area contributed by atoms with E-state index in [2.05, 4.69) is 4.98 Å². The Balaban J connectivity index is 2.55. The third-order valence-corrected chi connectivity index (χ3v) is 2.18. The third kappa shape index (κ3) is 1.19. The molecule has 0 spiro atoms. The third-order valence-electron chi connectivity index (χ3n) is 1.60. The molecule has 1 heterocycles. The summed E-state index contributed by atoms with van der Waals surface area (Å²) in [4.78, 5) is 4.07. The molecule has 1 radical (unpaired) electrons. The summed E-state index contributed by atoms with van der Waals surface area (Å²) in [6.07, 6.45) is 0. The molecule has 0 bridgehead atoms. The van der Waals surface area contributed by atoms with E-state index in [-0.39, 0.29) is 5.75 Å². The van der Waals surface area contributed by atoms with E-state index in [0.717, 1.165) is 5.69 Å². The van der Waals surface area contributed by atoms with Crippen LogP contribution in [0.3, 0.4) is 0 Å². The minimum absolute atomic E-state index is 0.0309. The number of rotatable bonds is 1. The number of nitrogens with zero attached hydrogens (tertiary/aromatic N) is 1. The van der Waals surface area contributed by atoms with Gasteiger partial charge < -0.3 is 0 Å². The summed E-state index contributed by atoms with van der Waals surface area (Å²) in [5.74, 6) is 0.0309. The number of hydrogen-bond acceptors (Lipinski definition) is 2. The lowest BCUT2D eigenvalue weighted by Crippen LogP contribution is -1.75. The van der Waals surface area contributed by atoms with Crippen molar-refractivity contribution < 1.29 is 5.11 Å². The molecule has 59 valence electrons. The molecule has 0 saturated carbocycles. The highest BCUT2D eigenvalue weighted by Gasteiger charge is 2.04. The van der Waals surface area contributed by atoms with E-state index in [0.29, 0.717) is 5.56 Å². The molecule has 0 fully saturated rings. The summed E-state index contributed by atoms with van der Waals surface area (Å²) >= 11 is 1.49. The Morgan fingerprint density at radius 1 is 1.25 bits per heavy atom. The summed E-state index contributed by atoms with van der Waals surface area (Å²) in [6.45, 7) is 0. The Hall–Kier alpha value is -1.35. The molecular weight excluding hydrogens is 170 g/mol. The van der Waals surface area contributed by atoms with Crippen LogP contribution >= 0.6 is 11.3 Å². The van der Waals surface area contributed by atoms with Gasteiger partial charge in [-0.1, -0.05) is 12.1 Å². The van der Waals surface area contributed by atoms with E-state index in [1.807, 2.05) is 11.4 Å². The van der Waals surface area contributed by atoms with E-state index in [1.54, 1.807) is 23.7 Å². The van der Waals surface area contributed by atoms with Crippen LogP contribution in [0.25, 0.3) is 11.3 Å². The van der Waals surface area contributed by atoms with E-state index < -0.39 is 0 Å². The molecular formula is C9H6NOS. The monoisotopic (exact) mass is 176 g/mol. The summed E-state index contributed by atoms with van der Waals surface area (Å²) < 4.78 is 0. The lowest BCUT2D eigenvalue weighted by molar-refractivity contribution is 0.356. The number of aromatic nitrogens is 1. The van der Waals surface area contributed by atoms with E-state index in [4.69, 9.17) is 0 Å². The van der Waals surface area contributed by atoms with Crippen LogP contribution in [0.2, 0.25) is 0 Å². The van der Waals surface area contributed by atoms with Crippen molar-refractivity contribution in [2.45, 2.75) is 0 Å². The molecule has 0 N–H and O–H groups in total. The van der Waals surface area contributed by atoms with Gasteiger partial charge in [0.05, 0.1) is 11.2 Å². The zero-order valence-corrected chi connectivity index (χ0v) is 7.04. The molecule has 2 nitrogen and oxygen atoms in total. The average molecular weight is 176 g/mol. The van der Waals surface area contributed by atoms with Gasteiger partial charge in [-0.15, -0.1) is 11.3 Å². The zero-order valence-electron chi connectivity index (χ0n) is 6.23. The van der Waals surface area contributed by atoms with E-state index >= 15 is 0 Å². The molecule has 12 heavy (non-hydrogen) atoms. The highest BCUT2D eigenvalue weighted by molar-refractivity contribution is 7.07. The summed E-state index contributed by atoms with van der Waals surface area (Å²) in [7, 11) is 0. The lowest BCUT2D eigenvalue weighted by Gasteiger charge is -1.95. The summed E-state index contributed by atoms with van der Waals surface area (Å²) in [6, 6.07) is 6.92. The van der Waals surface area contributed by atoms with Gasteiger partial charge in [0.2, 0.25) is 0 Å². The minimum Gasteiger partial charge on any atom is -0.289 e. The topological polar surface area (TPSA) is 32.8 Å². The van der Waals surface area contributed by atoms with E-state index in [1.165, 1.54) is 11.3 Å². The molecule has 2 aromatic rings. The predicted molar refractivity (Wildman–Crippen MR) is 47.7 cm³/mol. The molecule has 3 heteroatoms. The minimum atomic E-state index is 0.0309. The number of thiazole rings is 1. The molecule has 0 unspecified atom stereocenters. The second kappa shape index (κ2) is 2.95. The standard InChI is InChI=1S/C9H6NOS/c11-9-4-2-1-3-7(9)8-5-12-6-10-8/h1-6H. The van der Waals surface area contributed by atoms with Crippen molar-refractivity contribution in [1.29, 1.82) is 0 Å². The van der Waals surface area contributed by atoms with Gasteiger partial charge in [-0.3, -0.25) is 5.11 Å². The fourth-order valence-corrected chi connectivity index (χ4v) is 1.58. The molecule has 0 amide bonds. The summed E-state index contributed by atoms with van der Waals surface area (Å²) in [5.41, 5.74) is 3.17. The Morgan fingerprint density at radius 2 is 2.08 bits per heavy atom. The Labute approximate surface area is 74.1 Å². The second-order valence-corrected chi connectivity index (χ2v) is 3.09. The van der Waals surface area contributed by atoms with Crippen molar-refractivity contribution in [3.8, 4) is 17.0 Å². The highest BCUT2D eigenvalue weighted by Crippen LogP contribution is 2.28. The van der Waals surface area contributed by atoms with Crippen LogP contribution in [-0.4, -0.2) is 4.98 Å². The summed E-state index contributed by atoms with van der Waals surface area (Å²) in [5, 5.41) is 13.2. The molecule has 0 atom stereocenters. The van der Waals surface area contributed by atoms with Gasteiger partial charge in [0.15, 0.2) is 5.75 Å². The van der Waals surface area contributed by atoms with Crippen LogP contribution in [0.4, 0.5) is 0 Å². The van der Waals surface area contributed by atoms with Crippen LogP contribution < -0.4 is 0 Å². The van der Waals surface area contributed by atoms with Gasteiger partial charge in [-0.25, -0.2) is 4.98 Å². The van der Waals surface area contributed by atoms with Crippen LogP contribution in [-0.2, 0) is 5.11 Å². The zero-order chi connectivity index (χ0) is 8.39. The van der Waals surface area contributed by atoms with Crippen LogP contribution in [0.15, 0.2) is 35.2 Å². The maximum absolute atomic E-state index is 11.3. The highest BCUT2D eigenvalue weighted by atomic mass is 32.1. The van der Waals surface area contributed by atoms with Gasteiger partial charge >= 0.3 is 0 Å². The molecule has 0 aliphatic carbocycles. The number of benzene rings is 1. The second-order valence-electron chi connectivity index (χ2n) is 2.37. The van der Waals surface area contributed by atoms with Gasteiger partial charge in [0, 0.05) is 10.9 Å². The van der Waals surface area contributed by atoms with Crippen molar-refractivity contribution in [3.63, 3.8) is 0 Å².